The van der Waals surface area contributed by atoms with Gasteiger partial charge in [0.05, 0.1) is 11.3 Å². The van der Waals surface area contributed by atoms with E-state index in [0.717, 1.165) is 6.07 Å². The fourth-order valence-corrected chi connectivity index (χ4v) is 1.00. The van der Waals surface area contributed by atoms with Gasteiger partial charge >= 0.3 is 0 Å². The van der Waals surface area contributed by atoms with Crippen LogP contribution in [0.3, 0.4) is 0 Å². The highest BCUT2D eigenvalue weighted by atomic mass is 19.1. The lowest BCUT2D eigenvalue weighted by Crippen LogP contribution is -2.36. The summed E-state index contributed by atoms with van der Waals surface area (Å²) in [5.41, 5.74) is 6.99. The lowest BCUT2D eigenvalue weighted by Gasteiger charge is -2.12. The van der Waals surface area contributed by atoms with Crippen molar-refractivity contribution < 1.29 is 13.6 Å². The Morgan fingerprint density at radius 3 is 2.47 bits per heavy atom. The van der Waals surface area contributed by atoms with Crippen LogP contribution < -0.4 is 11.2 Å². The Morgan fingerprint density at radius 2 is 1.93 bits per heavy atom. The lowest BCUT2D eigenvalue weighted by molar-refractivity contribution is 0.0852. The fourth-order valence-electron chi connectivity index (χ4n) is 1.00. The van der Waals surface area contributed by atoms with E-state index in [-0.39, 0.29) is 11.3 Å². The molecule has 0 aliphatic rings. The summed E-state index contributed by atoms with van der Waals surface area (Å²) in [5, 5.41) is 1.35. The average Bonchev–Trinajstić information content (AvgIpc) is 2.09. The molecule has 3 N–H and O–H groups in total. The predicted octanol–water partition coefficient (Wildman–Crippen LogP) is 0.753. The smallest absolute Gasteiger partial charge is 0.268 e. The summed E-state index contributed by atoms with van der Waals surface area (Å²) in [6, 6.07) is 1.55. The van der Waals surface area contributed by atoms with E-state index in [1.165, 1.54) is 5.01 Å². The van der Waals surface area contributed by atoms with E-state index < -0.39 is 17.5 Å². The van der Waals surface area contributed by atoms with Gasteiger partial charge in [-0.2, -0.15) is 0 Å². The van der Waals surface area contributed by atoms with Gasteiger partial charge in [0.15, 0.2) is 0 Å². The van der Waals surface area contributed by atoms with Crippen molar-refractivity contribution in [2.75, 3.05) is 19.8 Å². The van der Waals surface area contributed by atoms with E-state index >= 15 is 0 Å². The van der Waals surface area contributed by atoms with Gasteiger partial charge in [-0.15, -0.1) is 0 Å². The van der Waals surface area contributed by atoms with E-state index in [4.69, 9.17) is 5.73 Å². The Hall–Kier alpha value is -1.69. The Labute approximate surface area is 85.6 Å². The van der Waals surface area contributed by atoms with Crippen molar-refractivity contribution in [3.63, 3.8) is 0 Å². The van der Waals surface area contributed by atoms with Crippen LogP contribution in [0.4, 0.5) is 14.5 Å². The second-order valence-corrected chi connectivity index (χ2v) is 3.19. The molecule has 0 aromatic heterocycles. The summed E-state index contributed by atoms with van der Waals surface area (Å²) in [6.45, 7) is 0. The number of nitrogen functional groups attached to an aromatic ring is 1. The van der Waals surface area contributed by atoms with Crippen molar-refractivity contribution in [2.45, 2.75) is 0 Å². The number of halogens is 2. The van der Waals surface area contributed by atoms with Crippen molar-refractivity contribution in [2.24, 2.45) is 0 Å². The van der Waals surface area contributed by atoms with E-state index in [0.29, 0.717) is 6.07 Å². The third-order valence-corrected chi connectivity index (χ3v) is 1.66. The maximum Gasteiger partial charge on any atom is 0.268 e. The van der Waals surface area contributed by atoms with Gasteiger partial charge in [0.25, 0.3) is 5.91 Å². The Morgan fingerprint density at radius 1 is 1.33 bits per heavy atom. The molecule has 6 heteroatoms. The molecular formula is C9H11F2N3O. The van der Waals surface area contributed by atoms with Gasteiger partial charge < -0.3 is 5.73 Å². The van der Waals surface area contributed by atoms with E-state index in [2.05, 4.69) is 5.43 Å². The van der Waals surface area contributed by atoms with Crippen molar-refractivity contribution in [3.8, 4) is 0 Å². The van der Waals surface area contributed by atoms with Gasteiger partial charge in [-0.05, 0) is 6.07 Å². The molecule has 0 radical (unpaired) electrons. The van der Waals surface area contributed by atoms with Crippen LogP contribution in [0.5, 0.6) is 0 Å². The fraction of sp³-hybridized carbons (Fsp3) is 0.222. The van der Waals surface area contributed by atoms with Crippen molar-refractivity contribution in [1.29, 1.82) is 0 Å². The molecule has 0 aliphatic carbocycles. The predicted molar refractivity (Wildman–Crippen MR) is 51.9 cm³/mol. The molecule has 1 rings (SSSR count). The summed E-state index contributed by atoms with van der Waals surface area (Å²) in [6.07, 6.45) is 0. The number of nitrogens with two attached hydrogens (primary N) is 1. The van der Waals surface area contributed by atoms with Crippen LogP contribution in [-0.4, -0.2) is 25.0 Å². The minimum atomic E-state index is -0.943. The molecular weight excluding hydrogens is 204 g/mol. The second kappa shape index (κ2) is 4.22. The Kier molecular flexibility index (Phi) is 3.21. The summed E-state index contributed by atoms with van der Waals surface area (Å²) in [5.74, 6) is -2.50. The summed E-state index contributed by atoms with van der Waals surface area (Å²) >= 11 is 0. The van der Waals surface area contributed by atoms with Gasteiger partial charge in [0.2, 0.25) is 0 Å². The molecule has 0 fully saturated rings. The normalized spacial score (nSPS) is 10.5. The van der Waals surface area contributed by atoms with Gasteiger partial charge in [0.1, 0.15) is 11.6 Å². The number of rotatable bonds is 2. The number of nitrogens with one attached hydrogen (secondary N) is 1. The standard InChI is InChI=1S/C9H11F2N3O/c1-14(2)13-9(15)5-3-8(12)7(11)4-6(5)10/h3-4H,12H2,1-2H3,(H,13,15). The first kappa shape index (κ1) is 11.4. The highest BCUT2D eigenvalue weighted by molar-refractivity contribution is 5.94. The third kappa shape index (κ3) is 2.63. The lowest BCUT2D eigenvalue weighted by atomic mass is 10.1. The minimum Gasteiger partial charge on any atom is -0.396 e. The first-order valence-corrected chi connectivity index (χ1v) is 4.14. The molecule has 0 spiro atoms. The van der Waals surface area contributed by atoms with E-state index in [9.17, 15) is 13.6 Å². The highest BCUT2D eigenvalue weighted by Crippen LogP contribution is 2.16. The Balaban J connectivity index is 3.04. The number of amides is 1. The number of carbonyl (C=O) groups excluding carboxylic acids is 1. The minimum absolute atomic E-state index is 0.264. The van der Waals surface area contributed by atoms with Crippen molar-refractivity contribution in [3.05, 3.63) is 29.3 Å². The Bertz CT molecular complexity index is 393. The van der Waals surface area contributed by atoms with Crippen LogP contribution in [0.1, 0.15) is 10.4 Å². The number of benzene rings is 1. The second-order valence-electron chi connectivity index (χ2n) is 3.19. The van der Waals surface area contributed by atoms with Crippen molar-refractivity contribution in [1.82, 2.24) is 10.4 Å². The molecule has 82 valence electrons. The number of hydrazine groups is 1. The number of nitrogens with zero attached hydrogens (tertiary/aromatic N) is 1. The molecule has 0 saturated carbocycles. The highest BCUT2D eigenvalue weighted by Gasteiger charge is 2.15. The molecule has 0 aliphatic heterocycles. The molecule has 1 aromatic carbocycles. The van der Waals surface area contributed by atoms with Crippen LogP contribution in [0.25, 0.3) is 0 Å². The van der Waals surface area contributed by atoms with Crippen LogP contribution in [0.2, 0.25) is 0 Å². The molecule has 0 heterocycles. The molecule has 4 nitrogen and oxygen atoms in total. The van der Waals surface area contributed by atoms with Gasteiger partial charge in [-0.25, -0.2) is 13.8 Å². The summed E-state index contributed by atoms with van der Waals surface area (Å²) in [7, 11) is 3.14. The molecule has 1 amide bonds. The zero-order chi connectivity index (χ0) is 11.6. The average molecular weight is 215 g/mol. The zero-order valence-corrected chi connectivity index (χ0v) is 8.34. The number of hydrogen-bond acceptors (Lipinski definition) is 3. The topological polar surface area (TPSA) is 58.4 Å². The molecule has 0 atom stereocenters. The molecule has 0 saturated heterocycles. The number of anilines is 1. The summed E-state index contributed by atoms with van der Waals surface area (Å²) in [4.78, 5) is 11.4. The van der Waals surface area contributed by atoms with Crippen LogP contribution in [-0.2, 0) is 0 Å². The SMILES string of the molecule is CN(C)NC(=O)c1cc(N)c(F)cc1F. The van der Waals surface area contributed by atoms with Crippen LogP contribution in [0.15, 0.2) is 12.1 Å². The quantitative estimate of drug-likeness (QED) is 0.565. The van der Waals surface area contributed by atoms with E-state index in [1.54, 1.807) is 14.1 Å². The third-order valence-electron chi connectivity index (χ3n) is 1.66. The van der Waals surface area contributed by atoms with Crippen LogP contribution >= 0.6 is 0 Å². The summed E-state index contributed by atoms with van der Waals surface area (Å²) < 4.78 is 25.9. The number of carbonyl (C=O) groups is 1. The first-order valence-electron chi connectivity index (χ1n) is 4.14. The monoisotopic (exact) mass is 215 g/mol. The van der Waals surface area contributed by atoms with E-state index in [1.807, 2.05) is 0 Å². The molecule has 0 bridgehead atoms. The molecule has 0 unspecified atom stereocenters. The van der Waals surface area contributed by atoms with Gasteiger partial charge in [0, 0.05) is 20.2 Å². The van der Waals surface area contributed by atoms with Crippen molar-refractivity contribution >= 4 is 11.6 Å². The van der Waals surface area contributed by atoms with Gasteiger partial charge in [-0.1, -0.05) is 0 Å². The van der Waals surface area contributed by atoms with Crippen LogP contribution in [0, 0.1) is 11.6 Å². The molecule has 15 heavy (non-hydrogen) atoms. The first-order chi connectivity index (χ1) is 6.91. The number of hydrogen-bond donors (Lipinski definition) is 2. The maximum atomic E-state index is 13.2. The maximum absolute atomic E-state index is 13.2. The zero-order valence-electron chi connectivity index (χ0n) is 8.34. The van der Waals surface area contributed by atoms with Gasteiger partial charge in [-0.3, -0.25) is 10.2 Å². The molecule has 1 aromatic rings. The largest absolute Gasteiger partial charge is 0.396 e.